The lowest BCUT2D eigenvalue weighted by atomic mass is 9.86. The number of fused-ring (bicyclic) bond motifs is 1. The van der Waals surface area contributed by atoms with Crippen molar-refractivity contribution in [3.8, 4) is 0 Å². The van der Waals surface area contributed by atoms with Crippen LogP contribution >= 0.6 is 23.2 Å². The Hall–Kier alpha value is -2.29. The van der Waals surface area contributed by atoms with Crippen molar-refractivity contribution in [1.29, 1.82) is 0 Å². The second kappa shape index (κ2) is 8.24. The molecule has 0 spiro atoms. The fourth-order valence-corrected chi connectivity index (χ4v) is 4.80. The van der Waals surface area contributed by atoms with Crippen LogP contribution in [0.25, 0.3) is 10.9 Å². The number of amides is 1. The SMILES string of the molecule is CN[C@H]1C[C@@H]1N(C)C(=O)c1c(Cl)nc(CNc2n[nH]c3cc(Cl)c(C(C)(C)C)cc23)n1C. The number of carbonyl (C=O) groups is 1. The highest BCUT2D eigenvalue weighted by Gasteiger charge is 2.42. The maximum atomic E-state index is 13.0. The van der Waals surface area contributed by atoms with Crippen molar-refractivity contribution < 1.29 is 4.79 Å². The molecule has 4 rings (SSSR count). The molecule has 32 heavy (non-hydrogen) atoms. The Balaban J connectivity index is 1.55. The van der Waals surface area contributed by atoms with Crippen LogP contribution in [-0.4, -0.2) is 56.7 Å². The van der Waals surface area contributed by atoms with E-state index in [1.165, 1.54) is 0 Å². The summed E-state index contributed by atoms with van der Waals surface area (Å²) in [5.74, 6) is 1.21. The van der Waals surface area contributed by atoms with Gasteiger partial charge in [-0.15, -0.1) is 0 Å². The third-order valence-corrected chi connectivity index (χ3v) is 6.74. The van der Waals surface area contributed by atoms with E-state index in [4.69, 9.17) is 23.2 Å². The molecule has 1 aromatic carbocycles. The van der Waals surface area contributed by atoms with Gasteiger partial charge in [0.1, 0.15) is 11.5 Å². The summed E-state index contributed by atoms with van der Waals surface area (Å²) in [6.45, 7) is 6.74. The van der Waals surface area contributed by atoms with E-state index in [0.717, 1.165) is 22.9 Å². The van der Waals surface area contributed by atoms with Crippen molar-refractivity contribution in [2.24, 2.45) is 7.05 Å². The Kier molecular flexibility index (Phi) is 5.90. The predicted molar refractivity (Wildman–Crippen MR) is 129 cm³/mol. The first-order valence-electron chi connectivity index (χ1n) is 10.6. The van der Waals surface area contributed by atoms with E-state index in [-0.39, 0.29) is 22.5 Å². The van der Waals surface area contributed by atoms with E-state index in [1.54, 1.807) is 23.6 Å². The largest absolute Gasteiger partial charge is 0.361 e. The number of imidazole rings is 1. The van der Waals surface area contributed by atoms with E-state index in [0.29, 0.717) is 34.9 Å². The van der Waals surface area contributed by atoms with Crippen molar-refractivity contribution in [2.45, 2.75) is 51.2 Å². The first-order chi connectivity index (χ1) is 15.0. The molecule has 1 fully saturated rings. The molecule has 1 aliphatic carbocycles. The Morgan fingerprint density at radius 1 is 1.34 bits per heavy atom. The number of rotatable bonds is 6. The van der Waals surface area contributed by atoms with Crippen LogP contribution in [0.1, 0.15) is 49.1 Å². The number of H-pyrrole nitrogens is 1. The number of anilines is 1. The second-order valence-corrected chi connectivity index (χ2v) is 10.2. The molecule has 1 saturated carbocycles. The minimum Gasteiger partial charge on any atom is -0.361 e. The smallest absolute Gasteiger partial charge is 0.273 e. The van der Waals surface area contributed by atoms with Crippen LogP contribution in [0.5, 0.6) is 0 Å². The Bertz CT molecular complexity index is 1180. The molecular weight excluding hydrogens is 449 g/mol. The van der Waals surface area contributed by atoms with E-state index >= 15 is 0 Å². The molecule has 3 aromatic rings. The van der Waals surface area contributed by atoms with Gasteiger partial charge in [0, 0.05) is 36.6 Å². The Morgan fingerprint density at radius 3 is 2.69 bits per heavy atom. The quantitative estimate of drug-likeness (QED) is 0.499. The molecule has 2 heterocycles. The summed E-state index contributed by atoms with van der Waals surface area (Å²) in [7, 11) is 5.51. The molecule has 0 radical (unpaired) electrons. The van der Waals surface area contributed by atoms with Gasteiger partial charge in [0.05, 0.1) is 12.1 Å². The molecule has 1 aliphatic rings. The molecule has 8 nitrogen and oxygen atoms in total. The number of carbonyl (C=O) groups excluding carboxylic acids is 1. The van der Waals surface area contributed by atoms with Gasteiger partial charge in [-0.25, -0.2) is 4.98 Å². The normalized spacial score (nSPS) is 18.2. The molecule has 0 unspecified atom stereocenters. The minimum absolute atomic E-state index is 0.0951. The average molecular weight is 478 g/mol. The number of likely N-dealkylation sites (N-methyl/N-ethyl adjacent to an activating group) is 2. The molecule has 172 valence electrons. The molecule has 0 bridgehead atoms. The van der Waals surface area contributed by atoms with Crippen molar-refractivity contribution in [3.63, 3.8) is 0 Å². The predicted octanol–water partition coefficient (Wildman–Crippen LogP) is 3.95. The van der Waals surface area contributed by atoms with Crippen LogP contribution in [0.4, 0.5) is 5.82 Å². The van der Waals surface area contributed by atoms with E-state index in [9.17, 15) is 4.79 Å². The fourth-order valence-electron chi connectivity index (χ4n) is 4.05. The zero-order chi connectivity index (χ0) is 23.4. The fraction of sp³-hybridized carbons (Fsp3) is 0.500. The van der Waals surface area contributed by atoms with E-state index in [2.05, 4.69) is 52.7 Å². The molecular formula is C22H29Cl2N7O. The van der Waals surface area contributed by atoms with Crippen molar-refractivity contribution in [1.82, 2.24) is 30.0 Å². The van der Waals surface area contributed by atoms with Crippen LogP contribution in [0, 0.1) is 0 Å². The number of nitrogens with zero attached hydrogens (tertiary/aromatic N) is 4. The van der Waals surface area contributed by atoms with Crippen LogP contribution in [0.15, 0.2) is 12.1 Å². The van der Waals surface area contributed by atoms with Gasteiger partial charge in [-0.3, -0.25) is 9.89 Å². The number of nitrogens with one attached hydrogen (secondary N) is 3. The standard InChI is InChI=1S/C22H29Cl2N7O/c1-22(2,3)12-7-11-14(8-13(12)23)28-29-20(11)26-10-17-27-19(24)18(31(17)6)21(32)30(5)16-9-15(16)25-4/h7-8,15-16,25H,9-10H2,1-6H3,(H2,26,28,29)/t15-,16-/m0/s1. The molecule has 2 atom stereocenters. The number of aromatic nitrogens is 4. The van der Waals surface area contributed by atoms with Crippen molar-refractivity contribution in [2.75, 3.05) is 19.4 Å². The van der Waals surface area contributed by atoms with Crippen LogP contribution < -0.4 is 10.6 Å². The molecule has 0 aliphatic heterocycles. The van der Waals surface area contributed by atoms with Crippen LogP contribution in [0.2, 0.25) is 10.2 Å². The van der Waals surface area contributed by atoms with E-state index < -0.39 is 0 Å². The third kappa shape index (κ3) is 4.07. The van der Waals surface area contributed by atoms with Crippen molar-refractivity contribution >= 4 is 45.8 Å². The molecule has 0 saturated heterocycles. The van der Waals surface area contributed by atoms with Gasteiger partial charge in [-0.05, 0) is 36.6 Å². The van der Waals surface area contributed by atoms with Crippen LogP contribution in [-0.2, 0) is 19.0 Å². The highest BCUT2D eigenvalue weighted by Crippen LogP contribution is 2.35. The molecule has 10 heteroatoms. The van der Waals surface area contributed by atoms with Gasteiger partial charge in [-0.1, -0.05) is 44.0 Å². The number of hydrogen-bond acceptors (Lipinski definition) is 5. The molecule has 2 aromatic heterocycles. The average Bonchev–Trinajstić information content (AvgIpc) is 3.33. The summed E-state index contributed by atoms with van der Waals surface area (Å²) in [5, 5.41) is 15.8. The highest BCUT2D eigenvalue weighted by atomic mass is 35.5. The topological polar surface area (TPSA) is 90.9 Å². The first-order valence-corrected chi connectivity index (χ1v) is 11.4. The summed E-state index contributed by atoms with van der Waals surface area (Å²) in [5.41, 5.74) is 2.19. The van der Waals surface area contributed by atoms with Crippen LogP contribution in [0.3, 0.4) is 0 Å². The number of hydrogen-bond donors (Lipinski definition) is 3. The Labute approximate surface area is 197 Å². The van der Waals surface area contributed by atoms with Gasteiger partial charge in [-0.2, -0.15) is 5.10 Å². The molecule has 1 amide bonds. The zero-order valence-electron chi connectivity index (χ0n) is 19.2. The second-order valence-electron chi connectivity index (χ2n) is 9.39. The lowest BCUT2D eigenvalue weighted by Gasteiger charge is -2.20. The maximum absolute atomic E-state index is 13.0. The monoisotopic (exact) mass is 477 g/mol. The summed E-state index contributed by atoms with van der Waals surface area (Å²) < 4.78 is 1.75. The molecule has 3 N–H and O–H groups in total. The Morgan fingerprint density at radius 2 is 2.06 bits per heavy atom. The van der Waals surface area contributed by atoms with E-state index in [1.807, 2.05) is 13.1 Å². The lowest BCUT2D eigenvalue weighted by Crippen LogP contribution is -2.34. The van der Waals surface area contributed by atoms with Gasteiger partial charge in [0.2, 0.25) is 0 Å². The van der Waals surface area contributed by atoms with Gasteiger partial charge in [0.25, 0.3) is 5.91 Å². The highest BCUT2D eigenvalue weighted by molar-refractivity contribution is 6.32. The third-order valence-electron chi connectivity index (χ3n) is 6.17. The summed E-state index contributed by atoms with van der Waals surface area (Å²) in [6.07, 6.45) is 0.940. The number of halogens is 2. The first kappa shape index (κ1) is 22.9. The zero-order valence-corrected chi connectivity index (χ0v) is 20.7. The number of aromatic amines is 1. The maximum Gasteiger partial charge on any atom is 0.273 e. The van der Waals surface area contributed by atoms with Gasteiger partial charge >= 0.3 is 0 Å². The minimum atomic E-state index is -0.131. The van der Waals surface area contributed by atoms with Gasteiger partial charge in [0.15, 0.2) is 11.0 Å². The summed E-state index contributed by atoms with van der Waals surface area (Å²) in [6, 6.07) is 4.47. The number of benzene rings is 1. The summed E-state index contributed by atoms with van der Waals surface area (Å²) >= 11 is 12.8. The van der Waals surface area contributed by atoms with Crippen molar-refractivity contribution in [3.05, 3.63) is 39.4 Å². The lowest BCUT2D eigenvalue weighted by molar-refractivity contribution is 0.0771. The summed E-state index contributed by atoms with van der Waals surface area (Å²) in [4.78, 5) is 19.2. The van der Waals surface area contributed by atoms with Gasteiger partial charge < -0.3 is 20.1 Å².